The zero-order valence-electron chi connectivity index (χ0n) is 10.8. The highest BCUT2D eigenvalue weighted by Crippen LogP contribution is 2.23. The molecule has 0 bridgehead atoms. The quantitative estimate of drug-likeness (QED) is 0.787. The van der Waals surface area contributed by atoms with Gasteiger partial charge in [0.05, 0.1) is 0 Å². The van der Waals surface area contributed by atoms with Crippen LogP contribution in [0.4, 0.5) is 0 Å². The molecule has 0 spiro atoms. The van der Waals surface area contributed by atoms with Gasteiger partial charge in [-0.05, 0) is 30.0 Å². The number of hydrogen-bond donors (Lipinski definition) is 1. The molecule has 1 atom stereocenters. The molecule has 0 aromatic heterocycles. The molecule has 0 aliphatic rings. The molecule has 0 aliphatic carbocycles. The molecule has 2 aromatic carbocycles. The molecule has 0 heterocycles. The molecule has 0 aliphatic heterocycles. The number of rotatable bonds is 4. The largest absolute Gasteiger partial charge is 0.324 e. The van der Waals surface area contributed by atoms with Crippen LogP contribution in [0.5, 0.6) is 0 Å². The second-order valence-corrected chi connectivity index (χ2v) is 4.76. The van der Waals surface area contributed by atoms with Crippen molar-refractivity contribution in [3.05, 3.63) is 72.3 Å². The van der Waals surface area contributed by atoms with Crippen LogP contribution >= 0.6 is 0 Å². The van der Waals surface area contributed by atoms with Crippen LogP contribution in [0.15, 0.2) is 66.7 Å². The third-order valence-electron chi connectivity index (χ3n) is 3.01. The van der Waals surface area contributed by atoms with Crippen LogP contribution in [0, 0.1) is 0 Å². The summed E-state index contributed by atoms with van der Waals surface area (Å²) in [5.41, 5.74) is 10.9. The molecule has 0 fully saturated rings. The highest BCUT2D eigenvalue weighted by atomic mass is 14.6. The van der Waals surface area contributed by atoms with Crippen molar-refractivity contribution in [1.82, 2.24) is 0 Å². The van der Waals surface area contributed by atoms with Gasteiger partial charge in [0, 0.05) is 6.04 Å². The van der Waals surface area contributed by atoms with Gasteiger partial charge in [0.2, 0.25) is 0 Å². The van der Waals surface area contributed by atoms with Crippen LogP contribution in [0.1, 0.15) is 24.9 Å². The zero-order valence-corrected chi connectivity index (χ0v) is 10.8. The molecule has 0 unspecified atom stereocenters. The van der Waals surface area contributed by atoms with Crippen molar-refractivity contribution in [3.8, 4) is 11.1 Å². The maximum atomic E-state index is 6.12. The van der Waals surface area contributed by atoms with Crippen molar-refractivity contribution in [2.45, 2.75) is 19.4 Å². The van der Waals surface area contributed by atoms with Gasteiger partial charge in [-0.2, -0.15) is 0 Å². The number of benzene rings is 2. The Morgan fingerprint density at radius 3 is 2.11 bits per heavy atom. The lowest BCUT2D eigenvalue weighted by molar-refractivity contribution is 0.717. The van der Waals surface area contributed by atoms with Crippen LogP contribution in [0.3, 0.4) is 0 Å². The molecule has 2 N–H and O–H groups in total. The highest BCUT2D eigenvalue weighted by Gasteiger charge is 2.06. The average Bonchev–Trinajstić information content (AvgIpc) is 2.39. The van der Waals surface area contributed by atoms with Gasteiger partial charge in [-0.3, -0.25) is 0 Å². The molecular formula is C17H19N. The zero-order chi connectivity index (χ0) is 13.0. The molecule has 2 rings (SSSR count). The van der Waals surface area contributed by atoms with Crippen LogP contribution < -0.4 is 5.73 Å². The molecule has 0 saturated heterocycles. The standard InChI is InChI=1S/C17H19N/c1-13(2)12-17(18)16-10-8-15(9-11-16)14-6-4-3-5-7-14/h3-11,17H,1,12,18H2,2H3/t17-/m0/s1. The fraction of sp³-hybridized carbons (Fsp3) is 0.176. The Kier molecular flexibility index (Phi) is 3.96. The normalized spacial score (nSPS) is 12.1. The van der Waals surface area contributed by atoms with Crippen molar-refractivity contribution in [2.24, 2.45) is 5.73 Å². The van der Waals surface area contributed by atoms with Gasteiger partial charge in [-0.1, -0.05) is 60.2 Å². The highest BCUT2D eigenvalue weighted by molar-refractivity contribution is 5.63. The summed E-state index contributed by atoms with van der Waals surface area (Å²) in [6, 6.07) is 18.9. The fourth-order valence-corrected chi connectivity index (χ4v) is 2.05. The summed E-state index contributed by atoms with van der Waals surface area (Å²) >= 11 is 0. The van der Waals surface area contributed by atoms with Crippen molar-refractivity contribution < 1.29 is 0 Å². The molecule has 1 heteroatoms. The maximum Gasteiger partial charge on any atom is 0.0332 e. The van der Waals surface area contributed by atoms with Gasteiger partial charge in [0.25, 0.3) is 0 Å². The molecule has 1 nitrogen and oxygen atoms in total. The smallest absolute Gasteiger partial charge is 0.0332 e. The fourth-order valence-electron chi connectivity index (χ4n) is 2.05. The van der Waals surface area contributed by atoms with E-state index in [-0.39, 0.29) is 6.04 Å². The molecular weight excluding hydrogens is 218 g/mol. The van der Waals surface area contributed by atoms with Gasteiger partial charge < -0.3 is 5.73 Å². The minimum Gasteiger partial charge on any atom is -0.324 e. The summed E-state index contributed by atoms with van der Waals surface area (Å²) in [6.45, 7) is 5.92. The number of nitrogens with two attached hydrogens (primary N) is 1. The summed E-state index contributed by atoms with van der Waals surface area (Å²) in [4.78, 5) is 0. The lowest BCUT2D eigenvalue weighted by Crippen LogP contribution is -2.10. The first-order valence-corrected chi connectivity index (χ1v) is 6.22. The maximum absolute atomic E-state index is 6.12. The Morgan fingerprint density at radius 1 is 1.00 bits per heavy atom. The Hall–Kier alpha value is -1.86. The van der Waals surface area contributed by atoms with Gasteiger partial charge >= 0.3 is 0 Å². The third-order valence-corrected chi connectivity index (χ3v) is 3.01. The van der Waals surface area contributed by atoms with Crippen molar-refractivity contribution >= 4 is 0 Å². The second kappa shape index (κ2) is 5.65. The van der Waals surface area contributed by atoms with E-state index < -0.39 is 0 Å². The van der Waals surface area contributed by atoms with Crippen LogP contribution in [0.25, 0.3) is 11.1 Å². The molecule has 92 valence electrons. The summed E-state index contributed by atoms with van der Waals surface area (Å²) < 4.78 is 0. The first kappa shape index (κ1) is 12.6. The van der Waals surface area contributed by atoms with Crippen LogP contribution in [-0.2, 0) is 0 Å². The van der Waals surface area contributed by atoms with Crippen molar-refractivity contribution in [2.75, 3.05) is 0 Å². The Labute approximate surface area is 109 Å². The minimum atomic E-state index is 0.0484. The first-order chi connectivity index (χ1) is 8.66. The van der Waals surface area contributed by atoms with E-state index >= 15 is 0 Å². The lowest BCUT2D eigenvalue weighted by atomic mass is 9.98. The monoisotopic (exact) mass is 237 g/mol. The summed E-state index contributed by atoms with van der Waals surface area (Å²) in [7, 11) is 0. The van der Waals surface area contributed by atoms with Crippen LogP contribution in [-0.4, -0.2) is 0 Å². The Morgan fingerprint density at radius 2 is 1.56 bits per heavy atom. The minimum absolute atomic E-state index is 0.0484. The topological polar surface area (TPSA) is 26.0 Å². The number of hydrogen-bond acceptors (Lipinski definition) is 1. The summed E-state index contributed by atoms with van der Waals surface area (Å²) in [6.07, 6.45) is 0.838. The van der Waals surface area contributed by atoms with E-state index in [1.165, 1.54) is 11.1 Å². The summed E-state index contributed by atoms with van der Waals surface area (Å²) in [5.74, 6) is 0. The first-order valence-electron chi connectivity index (χ1n) is 6.22. The van der Waals surface area contributed by atoms with Crippen molar-refractivity contribution in [1.29, 1.82) is 0 Å². The third kappa shape index (κ3) is 3.08. The van der Waals surface area contributed by atoms with Gasteiger partial charge in [0.1, 0.15) is 0 Å². The predicted molar refractivity (Wildman–Crippen MR) is 78.2 cm³/mol. The molecule has 2 aromatic rings. The molecule has 18 heavy (non-hydrogen) atoms. The molecule has 0 saturated carbocycles. The average molecular weight is 237 g/mol. The van der Waals surface area contributed by atoms with Crippen molar-refractivity contribution in [3.63, 3.8) is 0 Å². The second-order valence-electron chi connectivity index (χ2n) is 4.76. The van der Waals surface area contributed by atoms with E-state index in [0.717, 1.165) is 17.6 Å². The predicted octanol–water partition coefficient (Wildman–Crippen LogP) is 4.32. The Bertz CT molecular complexity index is 511. The van der Waals surface area contributed by atoms with Gasteiger partial charge in [0.15, 0.2) is 0 Å². The molecule has 0 radical (unpaired) electrons. The van der Waals surface area contributed by atoms with E-state index in [4.69, 9.17) is 5.73 Å². The van der Waals surface area contributed by atoms with Gasteiger partial charge in [-0.15, -0.1) is 6.58 Å². The summed E-state index contributed by atoms with van der Waals surface area (Å²) in [5, 5.41) is 0. The SMILES string of the molecule is C=C(C)C[C@H](N)c1ccc(-c2ccccc2)cc1. The lowest BCUT2D eigenvalue weighted by Gasteiger charge is -2.12. The van der Waals surface area contributed by atoms with E-state index in [2.05, 4.69) is 55.1 Å². The van der Waals surface area contributed by atoms with E-state index in [1.54, 1.807) is 0 Å². The molecule has 0 amide bonds. The van der Waals surface area contributed by atoms with Crippen LogP contribution in [0.2, 0.25) is 0 Å². The van der Waals surface area contributed by atoms with Gasteiger partial charge in [-0.25, -0.2) is 0 Å². The Balaban J connectivity index is 2.18. The van der Waals surface area contributed by atoms with E-state index in [1.807, 2.05) is 13.0 Å². The van der Waals surface area contributed by atoms with E-state index in [9.17, 15) is 0 Å². The van der Waals surface area contributed by atoms with E-state index in [0.29, 0.717) is 0 Å².